The highest BCUT2D eigenvalue weighted by Crippen LogP contribution is 2.32. The summed E-state index contributed by atoms with van der Waals surface area (Å²) in [4.78, 5) is 27.2. The lowest BCUT2D eigenvalue weighted by molar-refractivity contribution is -0.181. The number of rotatable bonds is 3. The van der Waals surface area contributed by atoms with E-state index in [9.17, 15) is 9.59 Å². The molecule has 1 aromatic rings. The fourth-order valence-electron chi connectivity index (χ4n) is 4.36. The van der Waals surface area contributed by atoms with Crippen LogP contribution in [0.15, 0.2) is 24.3 Å². The van der Waals surface area contributed by atoms with E-state index in [1.165, 1.54) is 6.42 Å². The van der Waals surface area contributed by atoms with Crippen LogP contribution in [0.2, 0.25) is 0 Å². The van der Waals surface area contributed by atoms with Crippen molar-refractivity contribution in [2.24, 2.45) is 5.92 Å². The van der Waals surface area contributed by atoms with E-state index in [4.69, 9.17) is 9.47 Å². The van der Waals surface area contributed by atoms with Crippen molar-refractivity contribution in [1.29, 1.82) is 0 Å². The van der Waals surface area contributed by atoms with Crippen molar-refractivity contribution in [1.82, 2.24) is 4.90 Å². The summed E-state index contributed by atoms with van der Waals surface area (Å²) in [5.74, 6) is -0.304. The number of amides is 2. The number of hydrogen-bond acceptors (Lipinski definition) is 4. The second-order valence-electron chi connectivity index (χ2n) is 7.80. The van der Waals surface area contributed by atoms with Crippen LogP contribution in [0.4, 0.5) is 5.69 Å². The van der Waals surface area contributed by atoms with Crippen molar-refractivity contribution < 1.29 is 19.1 Å². The highest BCUT2D eigenvalue weighted by molar-refractivity contribution is 5.97. The van der Waals surface area contributed by atoms with Gasteiger partial charge in [-0.15, -0.1) is 0 Å². The molecule has 2 heterocycles. The summed E-state index contributed by atoms with van der Waals surface area (Å²) in [6.45, 7) is 2.52. The Morgan fingerprint density at radius 1 is 1.04 bits per heavy atom. The molecule has 0 unspecified atom stereocenters. The van der Waals surface area contributed by atoms with Gasteiger partial charge in [0.2, 0.25) is 5.91 Å². The largest absolute Gasteiger partial charge is 0.347 e. The molecule has 2 saturated heterocycles. The summed E-state index contributed by atoms with van der Waals surface area (Å²) in [6.07, 6.45) is 6.81. The molecule has 0 radical (unpaired) electrons. The van der Waals surface area contributed by atoms with E-state index in [1.54, 1.807) is 6.07 Å². The third-order valence-corrected chi connectivity index (χ3v) is 5.98. The number of nitrogens with zero attached hydrogens (tertiary/aromatic N) is 1. The fraction of sp³-hybridized carbons (Fsp3) is 0.619. The lowest BCUT2D eigenvalue weighted by Gasteiger charge is -2.37. The molecule has 1 N–H and O–H groups in total. The highest BCUT2D eigenvalue weighted by Gasteiger charge is 2.40. The van der Waals surface area contributed by atoms with Crippen molar-refractivity contribution in [3.05, 3.63) is 29.8 Å². The molecule has 4 rings (SSSR count). The van der Waals surface area contributed by atoms with Gasteiger partial charge in [-0.1, -0.05) is 25.3 Å². The number of nitrogens with one attached hydrogen (secondary N) is 1. The van der Waals surface area contributed by atoms with Crippen LogP contribution >= 0.6 is 0 Å². The number of likely N-dealkylation sites (tertiary alicyclic amines) is 1. The van der Waals surface area contributed by atoms with Gasteiger partial charge in [-0.05, 0) is 31.0 Å². The maximum absolute atomic E-state index is 12.9. The molecule has 1 spiro atoms. The van der Waals surface area contributed by atoms with Crippen molar-refractivity contribution in [2.75, 3.05) is 31.6 Å². The first-order valence-corrected chi connectivity index (χ1v) is 10.1. The molecule has 2 aliphatic heterocycles. The van der Waals surface area contributed by atoms with Crippen LogP contribution in [-0.2, 0) is 14.3 Å². The van der Waals surface area contributed by atoms with Crippen molar-refractivity contribution in [3.8, 4) is 0 Å². The quantitative estimate of drug-likeness (QED) is 0.885. The zero-order valence-corrected chi connectivity index (χ0v) is 15.7. The van der Waals surface area contributed by atoms with Crippen LogP contribution < -0.4 is 5.32 Å². The molecule has 1 aliphatic carbocycles. The Hall–Kier alpha value is -1.92. The molecule has 6 nitrogen and oxygen atoms in total. The minimum Gasteiger partial charge on any atom is -0.347 e. The maximum Gasteiger partial charge on any atom is 0.253 e. The molecule has 3 fully saturated rings. The van der Waals surface area contributed by atoms with Crippen LogP contribution in [0.25, 0.3) is 0 Å². The highest BCUT2D eigenvalue weighted by atomic mass is 16.7. The summed E-state index contributed by atoms with van der Waals surface area (Å²) >= 11 is 0. The second kappa shape index (κ2) is 7.98. The molecular weight excluding hydrogens is 344 g/mol. The van der Waals surface area contributed by atoms with Gasteiger partial charge in [0.1, 0.15) is 0 Å². The summed E-state index contributed by atoms with van der Waals surface area (Å²) in [5.41, 5.74) is 1.31. The number of carbonyl (C=O) groups excluding carboxylic acids is 2. The standard InChI is InChI=1S/C21H28N2O4/c24-19(16-5-2-1-3-6-16)22-18-8-4-7-17(15-18)20(25)23-11-9-21(10-12-23)26-13-14-27-21/h4,7-8,15-16H,1-3,5-6,9-14H2,(H,22,24). The van der Waals surface area contributed by atoms with Gasteiger partial charge in [-0.3, -0.25) is 9.59 Å². The minimum atomic E-state index is -0.480. The zero-order chi connectivity index (χ0) is 18.7. The van der Waals surface area contributed by atoms with E-state index < -0.39 is 5.79 Å². The molecule has 1 saturated carbocycles. The molecule has 6 heteroatoms. The molecule has 2 amide bonds. The average molecular weight is 372 g/mol. The van der Waals surface area contributed by atoms with Crippen LogP contribution in [0.3, 0.4) is 0 Å². The maximum atomic E-state index is 12.9. The minimum absolute atomic E-state index is 0.00314. The zero-order valence-electron chi connectivity index (χ0n) is 15.7. The third kappa shape index (κ3) is 4.17. The second-order valence-corrected chi connectivity index (χ2v) is 7.80. The van der Waals surface area contributed by atoms with Crippen LogP contribution in [0.1, 0.15) is 55.3 Å². The Bertz CT molecular complexity index is 683. The van der Waals surface area contributed by atoms with Gasteiger partial charge >= 0.3 is 0 Å². The Morgan fingerprint density at radius 3 is 2.44 bits per heavy atom. The molecule has 1 aromatic carbocycles. The number of anilines is 1. The first kappa shape index (κ1) is 18.4. The van der Waals surface area contributed by atoms with E-state index in [2.05, 4.69) is 5.32 Å². The summed E-state index contributed by atoms with van der Waals surface area (Å²) < 4.78 is 11.5. The average Bonchev–Trinajstić information content (AvgIpc) is 3.17. The third-order valence-electron chi connectivity index (χ3n) is 5.98. The Labute approximate surface area is 160 Å². The molecule has 3 aliphatic rings. The van der Waals surface area contributed by atoms with E-state index in [-0.39, 0.29) is 17.7 Å². The number of carbonyl (C=O) groups is 2. The predicted octanol–water partition coefficient (Wildman–Crippen LogP) is 3.18. The molecule has 0 atom stereocenters. The summed E-state index contributed by atoms with van der Waals surface area (Å²) in [5, 5.41) is 3.00. The summed E-state index contributed by atoms with van der Waals surface area (Å²) in [6, 6.07) is 7.28. The van der Waals surface area contributed by atoms with Gasteiger partial charge in [0.25, 0.3) is 5.91 Å². The van der Waals surface area contributed by atoms with Crippen molar-refractivity contribution >= 4 is 17.5 Å². The molecule has 27 heavy (non-hydrogen) atoms. The number of ether oxygens (including phenoxy) is 2. The molecule has 0 bridgehead atoms. The van der Waals surface area contributed by atoms with Gasteiger partial charge in [0, 0.05) is 43.1 Å². The number of hydrogen-bond donors (Lipinski definition) is 1. The Kier molecular flexibility index (Phi) is 5.45. The Morgan fingerprint density at radius 2 is 1.74 bits per heavy atom. The fourth-order valence-corrected chi connectivity index (χ4v) is 4.36. The number of piperidine rings is 1. The molecular formula is C21H28N2O4. The normalized spacial score (nSPS) is 22.7. The first-order chi connectivity index (χ1) is 13.2. The van der Waals surface area contributed by atoms with Gasteiger partial charge in [-0.25, -0.2) is 0 Å². The smallest absolute Gasteiger partial charge is 0.253 e. The molecule has 0 aromatic heterocycles. The van der Waals surface area contributed by atoms with Crippen LogP contribution in [0.5, 0.6) is 0 Å². The van der Waals surface area contributed by atoms with Crippen LogP contribution in [-0.4, -0.2) is 48.8 Å². The lowest BCUT2D eigenvalue weighted by atomic mass is 9.88. The summed E-state index contributed by atoms with van der Waals surface area (Å²) in [7, 11) is 0. The van der Waals surface area contributed by atoms with E-state index in [1.807, 2.05) is 23.1 Å². The monoisotopic (exact) mass is 372 g/mol. The van der Waals surface area contributed by atoms with Crippen LogP contribution in [0, 0.1) is 5.92 Å². The topological polar surface area (TPSA) is 67.9 Å². The van der Waals surface area contributed by atoms with Gasteiger partial charge in [0.05, 0.1) is 13.2 Å². The van der Waals surface area contributed by atoms with E-state index in [0.29, 0.717) is 50.4 Å². The van der Waals surface area contributed by atoms with Crippen molar-refractivity contribution in [2.45, 2.75) is 50.7 Å². The number of benzene rings is 1. The lowest BCUT2D eigenvalue weighted by Crippen LogP contribution is -2.47. The first-order valence-electron chi connectivity index (χ1n) is 10.1. The predicted molar refractivity (Wildman–Crippen MR) is 101 cm³/mol. The van der Waals surface area contributed by atoms with E-state index >= 15 is 0 Å². The van der Waals surface area contributed by atoms with Gasteiger partial charge in [0.15, 0.2) is 5.79 Å². The Balaban J connectivity index is 1.37. The van der Waals surface area contributed by atoms with Gasteiger partial charge < -0.3 is 19.7 Å². The van der Waals surface area contributed by atoms with E-state index in [0.717, 1.165) is 25.7 Å². The SMILES string of the molecule is O=C(Nc1cccc(C(=O)N2CCC3(CC2)OCCO3)c1)C1CCCCC1. The van der Waals surface area contributed by atoms with Gasteiger partial charge in [-0.2, -0.15) is 0 Å². The molecule has 146 valence electrons. The van der Waals surface area contributed by atoms with Crippen molar-refractivity contribution in [3.63, 3.8) is 0 Å².